The topological polar surface area (TPSA) is 63.5 Å². The summed E-state index contributed by atoms with van der Waals surface area (Å²) in [6, 6.07) is 3.75. The van der Waals surface area contributed by atoms with Crippen LogP contribution in [0.3, 0.4) is 0 Å². The van der Waals surface area contributed by atoms with Gasteiger partial charge in [-0.25, -0.2) is 4.98 Å². The number of imidazole rings is 1. The first-order valence-electron chi connectivity index (χ1n) is 4.64. The van der Waals surface area contributed by atoms with E-state index in [0.717, 1.165) is 29.9 Å². The Hall–Kier alpha value is -1.55. The van der Waals surface area contributed by atoms with Crippen molar-refractivity contribution in [2.24, 2.45) is 0 Å². The maximum Gasteiger partial charge on any atom is 0.113 e. The maximum absolute atomic E-state index is 8.73. The number of aryl methyl sites for hydroxylation is 1. The molecule has 0 bridgehead atoms. The minimum absolute atomic E-state index is 0.192. The Morgan fingerprint density at radius 3 is 3.14 bits per heavy atom. The number of nitrogen functional groups attached to an aromatic ring is 1. The number of aromatic nitrogens is 2. The van der Waals surface area contributed by atoms with Gasteiger partial charge in [0.05, 0.1) is 17.4 Å². The van der Waals surface area contributed by atoms with E-state index in [0.29, 0.717) is 0 Å². The molecule has 2 aromatic heterocycles. The van der Waals surface area contributed by atoms with Gasteiger partial charge >= 0.3 is 0 Å². The second-order valence-electron chi connectivity index (χ2n) is 3.22. The van der Waals surface area contributed by atoms with E-state index in [1.54, 1.807) is 6.20 Å². The van der Waals surface area contributed by atoms with Crippen molar-refractivity contribution >= 4 is 11.2 Å². The van der Waals surface area contributed by atoms with Crippen LogP contribution in [0, 0.1) is 0 Å². The average Bonchev–Trinajstić information content (AvgIpc) is 2.60. The monoisotopic (exact) mass is 191 g/mol. The second kappa shape index (κ2) is 3.67. The van der Waals surface area contributed by atoms with Crippen LogP contribution < -0.4 is 5.73 Å². The zero-order chi connectivity index (χ0) is 9.97. The van der Waals surface area contributed by atoms with E-state index in [4.69, 9.17) is 10.8 Å². The van der Waals surface area contributed by atoms with Crippen molar-refractivity contribution in [3.63, 3.8) is 0 Å². The summed E-state index contributed by atoms with van der Waals surface area (Å²) in [4.78, 5) is 4.27. The van der Waals surface area contributed by atoms with E-state index in [-0.39, 0.29) is 6.61 Å². The number of hydrogen-bond acceptors (Lipinski definition) is 3. The highest BCUT2D eigenvalue weighted by atomic mass is 16.2. The van der Waals surface area contributed by atoms with E-state index >= 15 is 0 Å². The van der Waals surface area contributed by atoms with Gasteiger partial charge in [0.1, 0.15) is 5.82 Å². The van der Waals surface area contributed by atoms with Crippen LogP contribution in [-0.2, 0) is 6.42 Å². The molecule has 74 valence electrons. The summed E-state index contributed by atoms with van der Waals surface area (Å²) in [6.45, 7) is 0.192. The van der Waals surface area contributed by atoms with E-state index in [1.165, 1.54) is 0 Å². The number of nitrogens with two attached hydrogens (primary N) is 1. The molecule has 0 spiro atoms. The van der Waals surface area contributed by atoms with Gasteiger partial charge in [0.15, 0.2) is 0 Å². The van der Waals surface area contributed by atoms with Gasteiger partial charge in [-0.2, -0.15) is 0 Å². The molecule has 14 heavy (non-hydrogen) atoms. The molecule has 0 saturated carbocycles. The number of anilines is 1. The van der Waals surface area contributed by atoms with Crippen LogP contribution in [0.1, 0.15) is 12.2 Å². The largest absolute Gasteiger partial charge is 0.397 e. The molecule has 4 heteroatoms. The third-order valence-electron chi connectivity index (χ3n) is 2.24. The first kappa shape index (κ1) is 9.02. The first-order chi connectivity index (χ1) is 6.83. The van der Waals surface area contributed by atoms with Crippen LogP contribution in [0.15, 0.2) is 24.5 Å². The summed E-state index contributed by atoms with van der Waals surface area (Å²) in [5.41, 5.74) is 7.45. The molecule has 2 aromatic rings. The molecular formula is C10H13N3O. The Morgan fingerprint density at radius 2 is 2.36 bits per heavy atom. The van der Waals surface area contributed by atoms with E-state index in [2.05, 4.69) is 4.98 Å². The van der Waals surface area contributed by atoms with Crippen molar-refractivity contribution in [1.29, 1.82) is 0 Å². The highest BCUT2D eigenvalue weighted by Gasteiger charge is 2.04. The van der Waals surface area contributed by atoms with Gasteiger partial charge < -0.3 is 15.2 Å². The van der Waals surface area contributed by atoms with Crippen molar-refractivity contribution in [3.8, 4) is 0 Å². The van der Waals surface area contributed by atoms with Crippen molar-refractivity contribution < 1.29 is 5.11 Å². The molecule has 0 radical (unpaired) electrons. The molecule has 0 unspecified atom stereocenters. The summed E-state index contributed by atoms with van der Waals surface area (Å²) in [5, 5.41) is 8.73. The fourth-order valence-electron chi connectivity index (χ4n) is 1.52. The van der Waals surface area contributed by atoms with E-state index in [1.807, 2.05) is 22.7 Å². The van der Waals surface area contributed by atoms with Crippen molar-refractivity contribution in [1.82, 2.24) is 9.38 Å². The molecule has 0 aromatic carbocycles. The third-order valence-corrected chi connectivity index (χ3v) is 2.24. The minimum atomic E-state index is 0.192. The standard InChI is InChI=1S/C10H13N3O/c11-8-3-1-5-13-9(8)7-12-10(13)4-2-6-14/h1,3,5,7,14H,2,4,6,11H2. The SMILES string of the molecule is Nc1cccn2c(CCCO)ncc12. The molecule has 3 N–H and O–H groups in total. The molecule has 0 aliphatic heterocycles. The fraction of sp³-hybridized carbons (Fsp3) is 0.300. The number of fused-ring (bicyclic) bond motifs is 1. The smallest absolute Gasteiger partial charge is 0.113 e. The predicted molar refractivity (Wildman–Crippen MR) is 55.0 cm³/mol. The first-order valence-corrected chi connectivity index (χ1v) is 4.64. The second-order valence-corrected chi connectivity index (χ2v) is 3.22. The van der Waals surface area contributed by atoms with E-state index < -0.39 is 0 Å². The van der Waals surface area contributed by atoms with Crippen LogP contribution in [0.4, 0.5) is 5.69 Å². The maximum atomic E-state index is 8.73. The quantitative estimate of drug-likeness (QED) is 0.755. The number of rotatable bonds is 3. The molecule has 0 atom stereocenters. The normalized spacial score (nSPS) is 10.9. The molecular weight excluding hydrogens is 178 g/mol. The van der Waals surface area contributed by atoms with Crippen LogP contribution in [-0.4, -0.2) is 21.1 Å². The summed E-state index contributed by atoms with van der Waals surface area (Å²) >= 11 is 0. The number of aliphatic hydroxyl groups excluding tert-OH is 1. The van der Waals surface area contributed by atoms with Crippen LogP contribution in [0.5, 0.6) is 0 Å². The molecule has 0 aliphatic rings. The summed E-state index contributed by atoms with van der Waals surface area (Å²) < 4.78 is 1.96. The lowest BCUT2D eigenvalue weighted by Crippen LogP contribution is -1.98. The number of pyridine rings is 1. The van der Waals surface area contributed by atoms with Crippen LogP contribution in [0.25, 0.3) is 5.52 Å². The Bertz CT molecular complexity index is 436. The Morgan fingerprint density at radius 1 is 1.50 bits per heavy atom. The highest BCUT2D eigenvalue weighted by molar-refractivity contribution is 5.68. The lowest BCUT2D eigenvalue weighted by molar-refractivity contribution is 0.287. The Balaban J connectivity index is 2.42. The fourth-order valence-corrected chi connectivity index (χ4v) is 1.52. The van der Waals surface area contributed by atoms with Gasteiger partial charge in [-0.1, -0.05) is 0 Å². The molecule has 2 heterocycles. The number of aliphatic hydroxyl groups is 1. The number of hydrogen-bond donors (Lipinski definition) is 2. The van der Waals surface area contributed by atoms with Gasteiger partial charge in [-0.15, -0.1) is 0 Å². The average molecular weight is 191 g/mol. The summed E-state index contributed by atoms with van der Waals surface area (Å²) in [5.74, 6) is 0.946. The predicted octanol–water partition coefficient (Wildman–Crippen LogP) is 0.841. The van der Waals surface area contributed by atoms with Gasteiger partial charge in [0.2, 0.25) is 0 Å². The van der Waals surface area contributed by atoms with E-state index in [9.17, 15) is 0 Å². The van der Waals surface area contributed by atoms with Gasteiger partial charge in [0, 0.05) is 19.2 Å². The molecule has 0 fully saturated rings. The van der Waals surface area contributed by atoms with Gasteiger partial charge in [0.25, 0.3) is 0 Å². The van der Waals surface area contributed by atoms with Gasteiger partial charge in [-0.05, 0) is 18.6 Å². The molecule has 0 amide bonds. The highest BCUT2D eigenvalue weighted by Crippen LogP contribution is 2.14. The minimum Gasteiger partial charge on any atom is -0.397 e. The van der Waals surface area contributed by atoms with Crippen LogP contribution >= 0.6 is 0 Å². The van der Waals surface area contributed by atoms with Crippen molar-refractivity contribution in [2.75, 3.05) is 12.3 Å². The molecule has 4 nitrogen and oxygen atoms in total. The lowest BCUT2D eigenvalue weighted by Gasteiger charge is -2.01. The van der Waals surface area contributed by atoms with Crippen LogP contribution in [0.2, 0.25) is 0 Å². The molecule has 0 aliphatic carbocycles. The zero-order valence-corrected chi connectivity index (χ0v) is 7.85. The van der Waals surface area contributed by atoms with Crippen molar-refractivity contribution in [3.05, 3.63) is 30.4 Å². The summed E-state index contributed by atoms with van der Waals surface area (Å²) in [6.07, 6.45) is 5.20. The van der Waals surface area contributed by atoms with Crippen molar-refractivity contribution in [2.45, 2.75) is 12.8 Å². The lowest BCUT2D eigenvalue weighted by atomic mass is 10.3. The summed E-state index contributed by atoms with van der Waals surface area (Å²) in [7, 11) is 0. The molecule has 2 rings (SSSR count). The molecule has 0 saturated heterocycles. The Kier molecular flexibility index (Phi) is 2.37. The number of nitrogens with zero attached hydrogens (tertiary/aromatic N) is 2. The van der Waals surface area contributed by atoms with Gasteiger partial charge in [-0.3, -0.25) is 0 Å². The zero-order valence-electron chi connectivity index (χ0n) is 7.85. The third kappa shape index (κ3) is 1.44. The Labute approximate surface area is 82.0 Å².